The molecule has 2 heterocycles. The molecule has 2 saturated heterocycles. The summed E-state index contributed by atoms with van der Waals surface area (Å²) in [6.45, 7) is 1.30. The van der Waals surface area contributed by atoms with Crippen LogP contribution in [0.3, 0.4) is 0 Å². The molecule has 0 spiro atoms. The smallest absolute Gasteiger partial charge is 0.242 e. The standard InChI is InChI=1S/C16H19F2N3O2/c17-11-2-1-9(7-12(11)18)10-5-6-19-8-14(10)21-16(23)13-3-4-15(22)20-13/h1-2,7,10,13-14,19H,3-6,8H2,(H,20,22)(H,21,23)/t10?,13-,14?/m0/s1. The lowest BCUT2D eigenvalue weighted by Gasteiger charge is -2.33. The van der Waals surface area contributed by atoms with Gasteiger partial charge in [0.15, 0.2) is 11.6 Å². The fraction of sp³-hybridized carbons (Fsp3) is 0.500. The van der Waals surface area contributed by atoms with Crippen LogP contribution in [-0.4, -0.2) is 37.0 Å². The Hall–Kier alpha value is -2.02. The summed E-state index contributed by atoms with van der Waals surface area (Å²) in [6, 6.07) is 3.14. The van der Waals surface area contributed by atoms with Crippen LogP contribution < -0.4 is 16.0 Å². The molecule has 1 aromatic rings. The van der Waals surface area contributed by atoms with Crippen molar-refractivity contribution in [3.8, 4) is 0 Å². The average Bonchev–Trinajstić information content (AvgIpc) is 2.97. The molecule has 2 aliphatic heterocycles. The second-order valence-electron chi connectivity index (χ2n) is 6.05. The van der Waals surface area contributed by atoms with Crippen molar-refractivity contribution in [1.82, 2.24) is 16.0 Å². The summed E-state index contributed by atoms with van der Waals surface area (Å²) in [7, 11) is 0. The Balaban J connectivity index is 1.72. The van der Waals surface area contributed by atoms with Gasteiger partial charge >= 0.3 is 0 Å². The second kappa shape index (κ2) is 6.62. The number of rotatable bonds is 3. The molecule has 5 nitrogen and oxygen atoms in total. The van der Waals surface area contributed by atoms with Crippen molar-refractivity contribution in [3.63, 3.8) is 0 Å². The summed E-state index contributed by atoms with van der Waals surface area (Å²) in [4.78, 5) is 23.5. The van der Waals surface area contributed by atoms with Crippen molar-refractivity contribution < 1.29 is 18.4 Å². The molecule has 0 saturated carbocycles. The van der Waals surface area contributed by atoms with Gasteiger partial charge in [-0.15, -0.1) is 0 Å². The maximum Gasteiger partial charge on any atom is 0.242 e. The largest absolute Gasteiger partial charge is 0.350 e. The average molecular weight is 323 g/mol. The molecule has 2 aliphatic rings. The second-order valence-corrected chi connectivity index (χ2v) is 6.05. The zero-order chi connectivity index (χ0) is 16.4. The van der Waals surface area contributed by atoms with E-state index >= 15 is 0 Å². The molecule has 23 heavy (non-hydrogen) atoms. The number of hydrogen-bond donors (Lipinski definition) is 3. The maximum absolute atomic E-state index is 13.5. The van der Waals surface area contributed by atoms with Crippen LogP contribution in [0.2, 0.25) is 0 Å². The van der Waals surface area contributed by atoms with E-state index in [1.807, 2.05) is 0 Å². The first-order valence-corrected chi connectivity index (χ1v) is 7.80. The van der Waals surface area contributed by atoms with Gasteiger partial charge in [0.25, 0.3) is 0 Å². The number of carbonyl (C=O) groups is 2. The highest BCUT2D eigenvalue weighted by Crippen LogP contribution is 2.27. The summed E-state index contributed by atoms with van der Waals surface area (Å²) >= 11 is 0. The van der Waals surface area contributed by atoms with Gasteiger partial charge in [-0.3, -0.25) is 9.59 Å². The first-order chi connectivity index (χ1) is 11.0. The van der Waals surface area contributed by atoms with E-state index < -0.39 is 17.7 Å². The summed E-state index contributed by atoms with van der Waals surface area (Å²) in [5.41, 5.74) is 0.672. The number of benzene rings is 1. The van der Waals surface area contributed by atoms with Gasteiger partial charge in [0.2, 0.25) is 11.8 Å². The van der Waals surface area contributed by atoms with Gasteiger partial charge in [-0.2, -0.15) is 0 Å². The van der Waals surface area contributed by atoms with Crippen LogP contribution in [0.5, 0.6) is 0 Å². The van der Waals surface area contributed by atoms with Crippen LogP contribution in [0.15, 0.2) is 18.2 Å². The molecule has 3 N–H and O–H groups in total. The van der Waals surface area contributed by atoms with Gasteiger partial charge in [-0.25, -0.2) is 8.78 Å². The van der Waals surface area contributed by atoms with Gasteiger partial charge < -0.3 is 16.0 Å². The Morgan fingerprint density at radius 1 is 1.22 bits per heavy atom. The van der Waals surface area contributed by atoms with E-state index in [1.165, 1.54) is 6.07 Å². The predicted octanol–water partition coefficient (Wildman–Crippen LogP) is 0.805. The zero-order valence-electron chi connectivity index (χ0n) is 12.6. The molecular weight excluding hydrogens is 304 g/mol. The molecule has 2 amide bonds. The van der Waals surface area contributed by atoms with E-state index in [0.717, 1.165) is 12.6 Å². The highest BCUT2D eigenvalue weighted by Gasteiger charge is 2.32. The van der Waals surface area contributed by atoms with Crippen LogP contribution in [0.4, 0.5) is 8.78 Å². The van der Waals surface area contributed by atoms with Crippen molar-refractivity contribution in [2.45, 2.75) is 37.3 Å². The number of carbonyl (C=O) groups excluding carboxylic acids is 2. The third-order valence-corrected chi connectivity index (χ3v) is 4.49. The number of halogens is 2. The molecular formula is C16H19F2N3O2. The summed E-state index contributed by atoms with van der Waals surface area (Å²) in [5, 5.41) is 8.76. The van der Waals surface area contributed by atoms with Crippen LogP contribution in [0.25, 0.3) is 0 Å². The SMILES string of the molecule is O=C1CC[C@@H](C(=O)NC2CNCCC2c2ccc(F)c(F)c2)N1. The van der Waals surface area contributed by atoms with Crippen LogP contribution in [0, 0.1) is 11.6 Å². The van der Waals surface area contributed by atoms with Gasteiger partial charge in [-0.05, 0) is 37.1 Å². The summed E-state index contributed by atoms with van der Waals surface area (Å²) in [5.74, 6) is -2.19. The lowest BCUT2D eigenvalue weighted by atomic mass is 9.85. The lowest BCUT2D eigenvalue weighted by Crippen LogP contribution is -2.53. The zero-order valence-corrected chi connectivity index (χ0v) is 12.6. The minimum absolute atomic E-state index is 0.0904. The Bertz CT molecular complexity index is 623. The summed E-state index contributed by atoms with van der Waals surface area (Å²) < 4.78 is 26.6. The summed E-state index contributed by atoms with van der Waals surface area (Å²) in [6.07, 6.45) is 1.56. The molecule has 124 valence electrons. The van der Waals surface area contributed by atoms with Gasteiger partial charge in [0, 0.05) is 24.9 Å². The maximum atomic E-state index is 13.5. The molecule has 0 bridgehead atoms. The van der Waals surface area contributed by atoms with Crippen LogP contribution >= 0.6 is 0 Å². The quantitative estimate of drug-likeness (QED) is 0.771. The molecule has 0 radical (unpaired) electrons. The molecule has 0 aliphatic carbocycles. The molecule has 0 aromatic heterocycles. The number of nitrogens with one attached hydrogen (secondary N) is 3. The Labute approximate surface area is 132 Å². The Morgan fingerprint density at radius 2 is 2.04 bits per heavy atom. The van der Waals surface area contributed by atoms with E-state index in [2.05, 4.69) is 16.0 Å². The topological polar surface area (TPSA) is 70.2 Å². The number of piperidine rings is 1. The normalized spacial score (nSPS) is 27.6. The van der Waals surface area contributed by atoms with Crippen molar-refractivity contribution in [3.05, 3.63) is 35.4 Å². The number of hydrogen-bond acceptors (Lipinski definition) is 3. The highest BCUT2D eigenvalue weighted by molar-refractivity contribution is 5.90. The molecule has 3 atom stereocenters. The highest BCUT2D eigenvalue weighted by atomic mass is 19.2. The first kappa shape index (κ1) is 15.9. The van der Waals surface area contributed by atoms with Crippen molar-refractivity contribution in [1.29, 1.82) is 0 Å². The van der Waals surface area contributed by atoms with E-state index in [0.29, 0.717) is 31.4 Å². The Kier molecular flexibility index (Phi) is 4.56. The minimum Gasteiger partial charge on any atom is -0.350 e. The number of amides is 2. The van der Waals surface area contributed by atoms with Crippen LogP contribution in [-0.2, 0) is 9.59 Å². The molecule has 2 unspecified atom stereocenters. The van der Waals surface area contributed by atoms with Crippen LogP contribution in [0.1, 0.15) is 30.7 Å². The first-order valence-electron chi connectivity index (χ1n) is 7.80. The van der Waals surface area contributed by atoms with Crippen molar-refractivity contribution >= 4 is 11.8 Å². The van der Waals surface area contributed by atoms with Gasteiger partial charge in [0.05, 0.1) is 0 Å². The third kappa shape index (κ3) is 3.50. The third-order valence-electron chi connectivity index (χ3n) is 4.49. The molecule has 1 aromatic carbocycles. The monoisotopic (exact) mass is 323 g/mol. The molecule has 7 heteroatoms. The molecule has 3 rings (SSSR count). The van der Waals surface area contributed by atoms with E-state index in [1.54, 1.807) is 6.07 Å². The van der Waals surface area contributed by atoms with Gasteiger partial charge in [0.1, 0.15) is 6.04 Å². The van der Waals surface area contributed by atoms with E-state index in [-0.39, 0.29) is 23.8 Å². The lowest BCUT2D eigenvalue weighted by molar-refractivity contribution is -0.126. The minimum atomic E-state index is -0.880. The van der Waals surface area contributed by atoms with Crippen molar-refractivity contribution in [2.24, 2.45) is 0 Å². The predicted molar refractivity (Wildman–Crippen MR) is 79.7 cm³/mol. The van der Waals surface area contributed by atoms with Crippen molar-refractivity contribution in [2.75, 3.05) is 13.1 Å². The fourth-order valence-electron chi connectivity index (χ4n) is 3.25. The van der Waals surface area contributed by atoms with Gasteiger partial charge in [-0.1, -0.05) is 6.07 Å². The fourth-order valence-corrected chi connectivity index (χ4v) is 3.25. The van der Waals surface area contributed by atoms with E-state index in [4.69, 9.17) is 0 Å². The van der Waals surface area contributed by atoms with E-state index in [9.17, 15) is 18.4 Å². The Morgan fingerprint density at radius 3 is 2.74 bits per heavy atom. The molecule has 2 fully saturated rings.